The third-order valence-corrected chi connectivity index (χ3v) is 4.06. The first-order valence-corrected chi connectivity index (χ1v) is 7.41. The fourth-order valence-corrected chi connectivity index (χ4v) is 2.88. The first-order chi connectivity index (χ1) is 9.43. The van der Waals surface area contributed by atoms with E-state index in [-0.39, 0.29) is 24.2 Å². The van der Waals surface area contributed by atoms with E-state index in [1.165, 1.54) is 7.11 Å². The van der Waals surface area contributed by atoms with Gasteiger partial charge in [0.25, 0.3) is 0 Å². The number of carbonyl (C=O) groups is 2. The lowest BCUT2D eigenvalue weighted by Gasteiger charge is -2.22. The smallest absolute Gasteiger partial charge is 0.311 e. The van der Waals surface area contributed by atoms with Crippen molar-refractivity contribution in [2.45, 2.75) is 26.2 Å². The number of esters is 1. The minimum Gasteiger partial charge on any atom is -0.469 e. The first kappa shape index (κ1) is 15.0. The van der Waals surface area contributed by atoms with E-state index in [0.717, 1.165) is 15.7 Å². The Morgan fingerprint density at radius 3 is 2.75 bits per heavy atom. The fourth-order valence-electron chi connectivity index (χ4n) is 2.50. The largest absolute Gasteiger partial charge is 0.469 e. The van der Waals surface area contributed by atoms with Gasteiger partial charge in [-0.05, 0) is 29.7 Å². The van der Waals surface area contributed by atoms with Crippen LogP contribution in [0.2, 0.25) is 0 Å². The molecule has 0 radical (unpaired) electrons. The van der Waals surface area contributed by atoms with Crippen LogP contribution in [-0.4, -0.2) is 25.5 Å². The fraction of sp³-hybridized carbons (Fsp3) is 0.467. The second kappa shape index (κ2) is 5.95. The lowest BCUT2D eigenvalue weighted by atomic mass is 10.0. The van der Waals surface area contributed by atoms with E-state index in [4.69, 9.17) is 4.74 Å². The minimum atomic E-state index is -0.365. The topological polar surface area (TPSA) is 46.6 Å². The number of anilines is 1. The quantitative estimate of drug-likeness (QED) is 0.795. The number of carbonyl (C=O) groups excluding carboxylic acids is 2. The summed E-state index contributed by atoms with van der Waals surface area (Å²) in [5.41, 5.74) is 1.98. The Balaban J connectivity index is 2.33. The summed E-state index contributed by atoms with van der Waals surface area (Å²) in [6.07, 6.45) is 0.222. The summed E-state index contributed by atoms with van der Waals surface area (Å²) >= 11 is 3.46. The average molecular weight is 340 g/mol. The maximum atomic E-state index is 12.2. The van der Waals surface area contributed by atoms with Crippen LogP contribution in [0.25, 0.3) is 0 Å². The highest BCUT2D eigenvalue weighted by Gasteiger charge is 2.36. The summed E-state index contributed by atoms with van der Waals surface area (Å²) in [5, 5.41) is 0. The van der Waals surface area contributed by atoms with Crippen LogP contribution in [0, 0.1) is 5.92 Å². The molecule has 1 atom stereocenters. The lowest BCUT2D eigenvalue weighted by molar-refractivity contribution is -0.145. The molecular formula is C15H18BrNO3. The molecule has 0 aromatic heterocycles. The number of methoxy groups -OCH3 is 1. The van der Waals surface area contributed by atoms with Crippen LogP contribution < -0.4 is 4.90 Å². The monoisotopic (exact) mass is 339 g/mol. The van der Waals surface area contributed by atoms with Gasteiger partial charge in [0.1, 0.15) is 0 Å². The van der Waals surface area contributed by atoms with Crippen molar-refractivity contribution in [3.8, 4) is 0 Å². The van der Waals surface area contributed by atoms with Gasteiger partial charge in [-0.1, -0.05) is 29.8 Å². The molecule has 0 N–H and O–H groups in total. The van der Waals surface area contributed by atoms with Gasteiger partial charge in [-0.25, -0.2) is 0 Å². The molecule has 1 aliphatic rings. The molecule has 1 aliphatic heterocycles. The molecule has 0 bridgehead atoms. The van der Waals surface area contributed by atoms with Crippen molar-refractivity contribution in [1.82, 2.24) is 0 Å². The van der Waals surface area contributed by atoms with Crippen LogP contribution in [0.3, 0.4) is 0 Å². The highest BCUT2D eigenvalue weighted by atomic mass is 79.9. The van der Waals surface area contributed by atoms with Gasteiger partial charge in [0, 0.05) is 23.1 Å². The number of hydrogen-bond donors (Lipinski definition) is 0. The van der Waals surface area contributed by atoms with Gasteiger partial charge in [-0.3, -0.25) is 9.59 Å². The zero-order valence-electron chi connectivity index (χ0n) is 11.9. The van der Waals surface area contributed by atoms with Gasteiger partial charge in [-0.15, -0.1) is 0 Å². The zero-order chi connectivity index (χ0) is 14.9. The van der Waals surface area contributed by atoms with Crippen LogP contribution in [0.1, 0.15) is 31.7 Å². The average Bonchev–Trinajstić information content (AvgIpc) is 2.79. The number of amides is 1. The molecule has 1 saturated heterocycles. The number of nitrogens with zero attached hydrogens (tertiary/aromatic N) is 1. The number of benzene rings is 1. The first-order valence-electron chi connectivity index (χ1n) is 6.61. The molecule has 1 heterocycles. The van der Waals surface area contributed by atoms with Crippen LogP contribution >= 0.6 is 15.9 Å². The summed E-state index contributed by atoms with van der Waals surface area (Å²) < 4.78 is 5.73. The van der Waals surface area contributed by atoms with Crippen LogP contribution in [0.4, 0.5) is 5.69 Å². The van der Waals surface area contributed by atoms with Crippen molar-refractivity contribution in [2.75, 3.05) is 18.6 Å². The van der Waals surface area contributed by atoms with Crippen LogP contribution in [0.5, 0.6) is 0 Å². The molecule has 2 rings (SSSR count). The van der Waals surface area contributed by atoms with Gasteiger partial charge in [0.2, 0.25) is 5.91 Å². The summed E-state index contributed by atoms with van der Waals surface area (Å²) in [6, 6.07) is 5.87. The van der Waals surface area contributed by atoms with Gasteiger partial charge >= 0.3 is 5.97 Å². The lowest BCUT2D eigenvalue weighted by Crippen LogP contribution is -2.27. The molecule has 20 heavy (non-hydrogen) atoms. The molecule has 1 aromatic carbocycles. The Morgan fingerprint density at radius 2 is 2.15 bits per heavy atom. The number of ether oxygens (including phenoxy) is 1. The van der Waals surface area contributed by atoms with E-state index in [1.54, 1.807) is 4.90 Å². The second-order valence-corrected chi connectivity index (χ2v) is 6.20. The standard InChI is InChI=1S/C15H18BrNO3/c1-9(2)12-7-11(16)4-5-13(12)17-8-10(6-14(17)18)15(19)20-3/h4-5,7,9-10H,6,8H2,1-3H3. The maximum Gasteiger partial charge on any atom is 0.311 e. The maximum absolute atomic E-state index is 12.2. The summed E-state index contributed by atoms with van der Waals surface area (Å²) in [5.74, 6) is -0.405. The van der Waals surface area contributed by atoms with Crippen molar-refractivity contribution in [2.24, 2.45) is 5.92 Å². The molecule has 108 valence electrons. The number of halogens is 1. The van der Waals surface area contributed by atoms with Gasteiger partial charge in [0.05, 0.1) is 13.0 Å². The highest BCUT2D eigenvalue weighted by molar-refractivity contribution is 9.10. The van der Waals surface area contributed by atoms with Crippen molar-refractivity contribution in [3.05, 3.63) is 28.2 Å². The predicted molar refractivity (Wildman–Crippen MR) is 80.7 cm³/mol. The van der Waals surface area contributed by atoms with E-state index >= 15 is 0 Å². The van der Waals surface area contributed by atoms with Crippen molar-refractivity contribution in [1.29, 1.82) is 0 Å². The Kier molecular flexibility index (Phi) is 4.48. The van der Waals surface area contributed by atoms with Crippen molar-refractivity contribution in [3.63, 3.8) is 0 Å². The third-order valence-electron chi connectivity index (χ3n) is 3.56. The van der Waals surface area contributed by atoms with Crippen molar-refractivity contribution >= 4 is 33.5 Å². The summed E-state index contributed by atoms with van der Waals surface area (Å²) in [6.45, 7) is 4.57. The summed E-state index contributed by atoms with van der Waals surface area (Å²) in [7, 11) is 1.36. The summed E-state index contributed by atoms with van der Waals surface area (Å²) in [4.78, 5) is 25.5. The Labute approximate surface area is 127 Å². The van der Waals surface area contributed by atoms with Crippen molar-refractivity contribution < 1.29 is 14.3 Å². The van der Waals surface area contributed by atoms with Gasteiger partial charge in [0.15, 0.2) is 0 Å². The molecule has 0 aliphatic carbocycles. The number of rotatable bonds is 3. The molecule has 4 nitrogen and oxygen atoms in total. The molecule has 5 heteroatoms. The zero-order valence-corrected chi connectivity index (χ0v) is 13.4. The minimum absolute atomic E-state index is 0.0235. The van der Waals surface area contributed by atoms with E-state index in [2.05, 4.69) is 29.8 Å². The molecule has 1 unspecified atom stereocenters. The van der Waals surface area contributed by atoms with Crippen LogP contribution in [-0.2, 0) is 14.3 Å². The van der Waals surface area contributed by atoms with Gasteiger partial charge < -0.3 is 9.64 Å². The highest BCUT2D eigenvalue weighted by Crippen LogP contribution is 2.34. The molecule has 0 saturated carbocycles. The van der Waals surface area contributed by atoms with E-state index in [1.807, 2.05) is 18.2 Å². The Morgan fingerprint density at radius 1 is 1.45 bits per heavy atom. The Hall–Kier alpha value is -1.36. The van der Waals surface area contributed by atoms with E-state index in [0.29, 0.717) is 12.5 Å². The molecule has 1 amide bonds. The predicted octanol–water partition coefficient (Wildman–Crippen LogP) is 3.10. The molecule has 1 aromatic rings. The van der Waals surface area contributed by atoms with E-state index in [9.17, 15) is 9.59 Å². The SMILES string of the molecule is COC(=O)C1CC(=O)N(c2ccc(Br)cc2C(C)C)C1. The second-order valence-electron chi connectivity index (χ2n) is 5.29. The third kappa shape index (κ3) is 2.87. The molecular weight excluding hydrogens is 322 g/mol. The molecule has 0 spiro atoms. The molecule has 1 fully saturated rings. The normalized spacial score (nSPS) is 18.8. The van der Waals surface area contributed by atoms with Crippen LogP contribution in [0.15, 0.2) is 22.7 Å². The Bertz CT molecular complexity index is 542. The van der Waals surface area contributed by atoms with Gasteiger partial charge in [-0.2, -0.15) is 0 Å². The number of hydrogen-bond acceptors (Lipinski definition) is 3. The van der Waals surface area contributed by atoms with E-state index < -0.39 is 0 Å².